The van der Waals surface area contributed by atoms with E-state index in [1.807, 2.05) is 54.6 Å². The number of furan rings is 1. The zero-order valence-corrected chi connectivity index (χ0v) is 20.8. The average molecular weight is 505 g/mol. The van der Waals surface area contributed by atoms with E-state index in [-0.39, 0.29) is 5.78 Å². The van der Waals surface area contributed by atoms with Gasteiger partial charge in [0.15, 0.2) is 5.78 Å². The van der Waals surface area contributed by atoms with E-state index in [0.29, 0.717) is 45.1 Å². The summed E-state index contributed by atoms with van der Waals surface area (Å²) in [5.74, 6) is 1.22. The highest BCUT2D eigenvalue weighted by Crippen LogP contribution is 2.36. The average Bonchev–Trinajstić information content (AvgIpc) is 3.36. The minimum absolute atomic E-state index is 0.187. The lowest BCUT2D eigenvalue weighted by atomic mass is 10.1. The van der Waals surface area contributed by atoms with E-state index >= 15 is 0 Å². The molecule has 1 aromatic heterocycles. The second-order valence-corrected chi connectivity index (χ2v) is 8.39. The van der Waals surface area contributed by atoms with Crippen LogP contribution >= 0.6 is 0 Å². The lowest BCUT2D eigenvalue weighted by molar-refractivity contribution is 0.0737. The Morgan fingerprint density at radius 3 is 2.21 bits per heavy atom. The SMILES string of the molecule is COc1ccc2oc(-c3ccccc3)c(C(=O)Oc3ccc(C(=O)/C=C/c4ccccc4OC)cc3)c2c1. The first-order valence-electron chi connectivity index (χ1n) is 11.9. The second-order valence-electron chi connectivity index (χ2n) is 8.39. The van der Waals surface area contributed by atoms with Crippen LogP contribution in [-0.4, -0.2) is 26.0 Å². The van der Waals surface area contributed by atoms with Crippen molar-refractivity contribution in [2.75, 3.05) is 14.2 Å². The molecule has 0 aliphatic carbocycles. The lowest BCUT2D eigenvalue weighted by Crippen LogP contribution is -2.09. The van der Waals surface area contributed by atoms with E-state index < -0.39 is 5.97 Å². The van der Waals surface area contributed by atoms with Crippen molar-refractivity contribution in [3.8, 4) is 28.6 Å². The molecule has 0 radical (unpaired) electrons. The Hall–Kier alpha value is -5.10. The number of ketones is 1. The summed E-state index contributed by atoms with van der Waals surface area (Å²) in [5, 5.41) is 0.585. The van der Waals surface area contributed by atoms with Crippen molar-refractivity contribution in [3.63, 3.8) is 0 Å². The molecule has 0 amide bonds. The molecule has 6 heteroatoms. The van der Waals surface area contributed by atoms with E-state index in [0.717, 1.165) is 11.1 Å². The fourth-order valence-corrected chi connectivity index (χ4v) is 4.11. The Balaban J connectivity index is 1.39. The second kappa shape index (κ2) is 10.9. The maximum atomic E-state index is 13.4. The van der Waals surface area contributed by atoms with Crippen molar-refractivity contribution in [1.82, 2.24) is 0 Å². The highest BCUT2D eigenvalue weighted by atomic mass is 16.5. The molecule has 0 aliphatic rings. The van der Waals surface area contributed by atoms with Crippen LogP contribution in [0.15, 0.2) is 108 Å². The van der Waals surface area contributed by atoms with Crippen molar-refractivity contribution in [2.24, 2.45) is 0 Å². The smallest absolute Gasteiger partial charge is 0.348 e. The fraction of sp³-hybridized carbons (Fsp3) is 0.0625. The van der Waals surface area contributed by atoms with Gasteiger partial charge in [0.25, 0.3) is 0 Å². The highest BCUT2D eigenvalue weighted by Gasteiger charge is 2.24. The van der Waals surface area contributed by atoms with Crippen LogP contribution in [0.2, 0.25) is 0 Å². The number of rotatable bonds is 8. The summed E-state index contributed by atoms with van der Waals surface area (Å²) in [4.78, 5) is 26.1. The van der Waals surface area contributed by atoms with E-state index in [1.54, 1.807) is 62.8 Å². The summed E-state index contributed by atoms with van der Waals surface area (Å²) < 4.78 is 22.4. The molecule has 0 atom stereocenters. The first-order valence-corrected chi connectivity index (χ1v) is 11.9. The van der Waals surface area contributed by atoms with Crippen LogP contribution in [0, 0.1) is 0 Å². The molecular weight excluding hydrogens is 480 g/mol. The molecule has 6 nitrogen and oxygen atoms in total. The standard InChI is InChI=1S/C32H24O6/c1-35-25-17-19-29-26(20-25)30(31(38-29)23-9-4-3-5-10-23)32(34)37-24-15-12-21(13-16-24)27(33)18-14-22-8-6-7-11-28(22)36-2/h3-20H,1-2H3/b18-14+. The number of fused-ring (bicyclic) bond motifs is 1. The van der Waals surface area contributed by atoms with Gasteiger partial charge in [-0.25, -0.2) is 4.79 Å². The molecule has 4 aromatic carbocycles. The maximum Gasteiger partial charge on any atom is 0.348 e. The Kier molecular flexibility index (Phi) is 7.04. The van der Waals surface area contributed by atoms with Crippen LogP contribution in [0.25, 0.3) is 28.4 Å². The molecule has 0 N–H and O–H groups in total. The van der Waals surface area contributed by atoms with Gasteiger partial charge in [0.1, 0.15) is 34.2 Å². The zero-order chi connectivity index (χ0) is 26.5. The maximum absolute atomic E-state index is 13.4. The lowest BCUT2D eigenvalue weighted by Gasteiger charge is -2.07. The Morgan fingerprint density at radius 1 is 0.763 bits per heavy atom. The summed E-state index contributed by atoms with van der Waals surface area (Å²) in [5.41, 5.74) is 2.84. The number of allylic oxidation sites excluding steroid dienone is 1. The van der Waals surface area contributed by atoms with E-state index in [1.165, 1.54) is 6.08 Å². The van der Waals surface area contributed by atoms with Crippen molar-refractivity contribution in [3.05, 3.63) is 120 Å². The summed E-state index contributed by atoms with van der Waals surface area (Å²) in [7, 11) is 3.14. The Labute approximate surface area is 219 Å². The Bertz CT molecular complexity index is 1630. The number of para-hydroxylation sites is 1. The predicted molar refractivity (Wildman–Crippen MR) is 146 cm³/mol. The van der Waals surface area contributed by atoms with Gasteiger partial charge in [0.2, 0.25) is 0 Å². The minimum atomic E-state index is -0.578. The topological polar surface area (TPSA) is 75.0 Å². The molecule has 0 fully saturated rings. The van der Waals surface area contributed by atoms with Gasteiger partial charge in [-0.05, 0) is 60.7 Å². The normalized spacial score (nSPS) is 11.0. The van der Waals surface area contributed by atoms with Crippen LogP contribution in [0.5, 0.6) is 17.2 Å². The largest absolute Gasteiger partial charge is 0.497 e. The number of carbonyl (C=O) groups excluding carboxylic acids is 2. The van der Waals surface area contributed by atoms with Crippen molar-refractivity contribution in [1.29, 1.82) is 0 Å². The van der Waals surface area contributed by atoms with Crippen LogP contribution in [0.3, 0.4) is 0 Å². The third kappa shape index (κ3) is 5.06. The molecule has 1 heterocycles. The number of hydrogen-bond acceptors (Lipinski definition) is 6. The summed E-state index contributed by atoms with van der Waals surface area (Å²) >= 11 is 0. The van der Waals surface area contributed by atoms with Crippen LogP contribution < -0.4 is 14.2 Å². The van der Waals surface area contributed by atoms with E-state index in [2.05, 4.69) is 0 Å². The highest BCUT2D eigenvalue weighted by molar-refractivity contribution is 6.10. The minimum Gasteiger partial charge on any atom is -0.497 e. The van der Waals surface area contributed by atoms with E-state index in [9.17, 15) is 9.59 Å². The van der Waals surface area contributed by atoms with Gasteiger partial charge in [0.05, 0.1) is 14.2 Å². The first-order chi connectivity index (χ1) is 18.6. The number of esters is 1. The van der Waals surface area contributed by atoms with Gasteiger partial charge in [0, 0.05) is 22.1 Å². The third-order valence-corrected chi connectivity index (χ3v) is 6.04. The molecule has 5 rings (SSSR count). The van der Waals surface area contributed by atoms with Crippen LogP contribution in [-0.2, 0) is 0 Å². The summed E-state index contributed by atoms with van der Waals surface area (Å²) in [6.45, 7) is 0. The first kappa shape index (κ1) is 24.6. The van der Waals surface area contributed by atoms with E-state index in [4.69, 9.17) is 18.6 Å². The number of ether oxygens (including phenoxy) is 3. The monoisotopic (exact) mass is 504 g/mol. The number of benzene rings is 4. The molecule has 38 heavy (non-hydrogen) atoms. The molecule has 0 aliphatic heterocycles. The molecule has 0 saturated carbocycles. The third-order valence-electron chi connectivity index (χ3n) is 6.04. The molecule has 0 spiro atoms. The Morgan fingerprint density at radius 2 is 1.47 bits per heavy atom. The quantitative estimate of drug-likeness (QED) is 0.0960. The van der Waals surface area contributed by atoms with Gasteiger partial charge in [-0.2, -0.15) is 0 Å². The summed E-state index contributed by atoms with van der Waals surface area (Å²) in [6, 6.07) is 28.5. The molecule has 5 aromatic rings. The van der Waals surface area contributed by atoms with Gasteiger partial charge in [-0.1, -0.05) is 48.5 Å². The molecule has 0 saturated heterocycles. The van der Waals surface area contributed by atoms with Crippen molar-refractivity contribution in [2.45, 2.75) is 0 Å². The van der Waals surface area contributed by atoms with Gasteiger partial charge >= 0.3 is 5.97 Å². The zero-order valence-electron chi connectivity index (χ0n) is 20.8. The predicted octanol–water partition coefficient (Wildman–Crippen LogP) is 7.23. The molecule has 0 bridgehead atoms. The van der Waals surface area contributed by atoms with Gasteiger partial charge in [-0.3, -0.25) is 4.79 Å². The number of hydrogen-bond donors (Lipinski definition) is 0. The van der Waals surface area contributed by atoms with Crippen molar-refractivity contribution >= 4 is 28.8 Å². The van der Waals surface area contributed by atoms with Gasteiger partial charge < -0.3 is 18.6 Å². The molecule has 0 unspecified atom stereocenters. The molecule has 188 valence electrons. The summed E-state index contributed by atoms with van der Waals surface area (Å²) in [6.07, 6.45) is 3.19. The molecular formula is C32H24O6. The number of carbonyl (C=O) groups is 2. The van der Waals surface area contributed by atoms with Crippen LogP contribution in [0.4, 0.5) is 0 Å². The van der Waals surface area contributed by atoms with Crippen LogP contribution in [0.1, 0.15) is 26.3 Å². The van der Waals surface area contributed by atoms with Gasteiger partial charge in [-0.15, -0.1) is 0 Å². The van der Waals surface area contributed by atoms with Crippen molar-refractivity contribution < 1.29 is 28.2 Å². The number of methoxy groups -OCH3 is 2. The fourth-order valence-electron chi connectivity index (χ4n) is 4.11.